The molecule has 1 amide bonds. The molecule has 5 nitrogen and oxygen atoms in total. The maximum Gasteiger partial charge on any atom is 0.270 e. The highest BCUT2D eigenvalue weighted by atomic mass is 32.2. The maximum atomic E-state index is 12.8. The molecule has 0 saturated carbocycles. The minimum atomic E-state index is -0.140. The van der Waals surface area contributed by atoms with E-state index in [-0.39, 0.29) is 5.91 Å². The Morgan fingerprint density at radius 3 is 2.54 bits per heavy atom. The highest BCUT2D eigenvalue weighted by Gasteiger charge is 2.19. The van der Waals surface area contributed by atoms with E-state index in [4.69, 9.17) is 0 Å². The molecule has 1 saturated heterocycles. The summed E-state index contributed by atoms with van der Waals surface area (Å²) in [5.74, 6) is 2.23. The first-order valence-corrected chi connectivity index (χ1v) is 10.7. The third-order valence-corrected chi connectivity index (χ3v) is 6.02. The van der Waals surface area contributed by atoms with Crippen molar-refractivity contribution in [3.63, 3.8) is 0 Å². The Bertz CT molecular complexity index is 934. The predicted molar refractivity (Wildman–Crippen MR) is 115 cm³/mol. The Kier molecular flexibility index (Phi) is 5.78. The summed E-state index contributed by atoms with van der Waals surface area (Å²) in [5, 5.41) is 0. The van der Waals surface area contributed by atoms with E-state index < -0.39 is 0 Å². The average molecular weight is 393 g/mol. The molecule has 0 atom stereocenters. The van der Waals surface area contributed by atoms with Crippen LogP contribution < -0.4 is 5.43 Å². The molecule has 1 fully saturated rings. The number of pyridine rings is 1. The van der Waals surface area contributed by atoms with Gasteiger partial charge >= 0.3 is 0 Å². The minimum Gasteiger partial charge on any atom is -0.297 e. The number of hydrogen-bond donors (Lipinski definition) is 1. The highest BCUT2D eigenvalue weighted by Crippen LogP contribution is 2.26. The van der Waals surface area contributed by atoms with Crippen LogP contribution in [0.1, 0.15) is 21.6 Å². The van der Waals surface area contributed by atoms with Gasteiger partial charge in [0.25, 0.3) is 5.91 Å². The fourth-order valence-electron chi connectivity index (χ4n) is 3.45. The number of carbonyl (C=O) groups is 1. The zero-order valence-corrected chi connectivity index (χ0v) is 16.8. The molecule has 4 rings (SSSR count). The number of aromatic nitrogens is 2. The fourth-order valence-corrected chi connectivity index (χ4v) is 4.43. The number of amides is 1. The lowest BCUT2D eigenvalue weighted by molar-refractivity contribution is 0.101. The van der Waals surface area contributed by atoms with Gasteiger partial charge in [0.2, 0.25) is 0 Å². The third-order valence-electron chi connectivity index (χ3n) is 5.08. The molecule has 28 heavy (non-hydrogen) atoms. The number of rotatable bonds is 5. The molecule has 2 aromatic heterocycles. The average Bonchev–Trinajstić information content (AvgIpc) is 3.05. The van der Waals surface area contributed by atoms with Gasteiger partial charge in [-0.1, -0.05) is 30.3 Å². The maximum absolute atomic E-state index is 12.8. The largest absolute Gasteiger partial charge is 0.297 e. The molecule has 144 valence electrons. The van der Waals surface area contributed by atoms with Crippen molar-refractivity contribution in [2.24, 2.45) is 0 Å². The molecule has 6 heteroatoms. The number of carbonyl (C=O) groups excluding carboxylic acids is 1. The first-order valence-electron chi connectivity index (χ1n) is 9.50. The van der Waals surface area contributed by atoms with Crippen molar-refractivity contribution >= 4 is 17.7 Å². The van der Waals surface area contributed by atoms with Crippen LogP contribution >= 0.6 is 11.8 Å². The lowest BCUT2D eigenvalue weighted by Crippen LogP contribution is -2.32. The van der Waals surface area contributed by atoms with Crippen LogP contribution in [0.15, 0.2) is 60.9 Å². The van der Waals surface area contributed by atoms with E-state index in [9.17, 15) is 4.79 Å². The monoisotopic (exact) mass is 392 g/mol. The van der Waals surface area contributed by atoms with Crippen LogP contribution in [0.5, 0.6) is 0 Å². The van der Waals surface area contributed by atoms with Crippen molar-refractivity contribution in [3.8, 4) is 11.3 Å². The molecule has 0 unspecified atom stereocenters. The van der Waals surface area contributed by atoms with Gasteiger partial charge in [0.15, 0.2) is 0 Å². The van der Waals surface area contributed by atoms with Gasteiger partial charge in [-0.3, -0.25) is 24.8 Å². The predicted octanol–water partition coefficient (Wildman–Crippen LogP) is 3.79. The number of benzene rings is 1. The molecule has 0 bridgehead atoms. The Hall–Kier alpha value is -2.57. The molecule has 0 spiro atoms. The van der Waals surface area contributed by atoms with E-state index >= 15 is 0 Å². The second-order valence-corrected chi connectivity index (χ2v) is 8.13. The molecule has 1 aromatic carbocycles. The van der Waals surface area contributed by atoms with Gasteiger partial charge in [-0.05, 0) is 30.7 Å². The lowest BCUT2D eigenvalue weighted by Gasteiger charge is -2.26. The third kappa shape index (κ3) is 4.13. The second-order valence-electron chi connectivity index (χ2n) is 6.91. The Morgan fingerprint density at radius 1 is 1.11 bits per heavy atom. The number of nitrogens with zero attached hydrogens (tertiary/aromatic N) is 3. The topological polar surface area (TPSA) is 50.2 Å². The van der Waals surface area contributed by atoms with Crippen LogP contribution in [0.3, 0.4) is 0 Å². The Morgan fingerprint density at radius 2 is 1.82 bits per heavy atom. The van der Waals surface area contributed by atoms with Gasteiger partial charge in [-0.2, -0.15) is 11.8 Å². The normalized spacial score (nSPS) is 14.8. The van der Waals surface area contributed by atoms with Gasteiger partial charge in [0.05, 0.1) is 5.69 Å². The van der Waals surface area contributed by atoms with Crippen LogP contribution in [-0.4, -0.2) is 45.1 Å². The van der Waals surface area contributed by atoms with Crippen molar-refractivity contribution in [3.05, 3.63) is 77.7 Å². The molecule has 1 aliphatic rings. The summed E-state index contributed by atoms with van der Waals surface area (Å²) in [5.41, 5.74) is 8.08. The molecule has 3 heterocycles. The summed E-state index contributed by atoms with van der Waals surface area (Å²) in [6.07, 6.45) is 3.27. The lowest BCUT2D eigenvalue weighted by atomic mass is 10.1. The summed E-state index contributed by atoms with van der Waals surface area (Å²) < 4.78 is 1.92. The summed E-state index contributed by atoms with van der Waals surface area (Å²) >= 11 is 2.02. The minimum absolute atomic E-state index is 0.140. The molecule has 0 aliphatic carbocycles. The van der Waals surface area contributed by atoms with Crippen LogP contribution in [-0.2, 0) is 6.54 Å². The van der Waals surface area contributed by atoms with Crippen molar-refractivity contribution in [1.29, 1.82) is 0 Å². The van der Waals surface area contributed by atoms with Crippen LogP contribution in [0, 0.1) is 6.92 Å². The van der Waals surface area contributed by atoms with Crippen molar-refractivity contribution < 1.29 is 4.79 Å². The smallest absolute Gasteiger partial charge is 0.270 e. The van der Waals surface area contributed by atoms with Gasteiger partial charge in [-0.15, -0.1) is 0 Å². The van der Waals surface area contributed by atoms with Crippen LogP contribution in [0.2, 0.25) is 0 Å². The Labute approximate surface area is 169 Å². The quantitative estimate of drug-likeness (QED) is 0.718. The molecular formula is C22H24N4OS. The fraction of sp³-hybridized carbons (Fsp3) is 0.273. The van der Waals surface area contributed by atoms with E-state index in [2.05, 4.69) is 40.4 Å². The summed E-state index contributed by atoms with van der Waals surface area (Å²) in [6, 6.07) is 15.9. The van der Waals surface area contributed by atoms with Gasteiger partial charge in [0.1, 0.15) is 0 Å². The zero-order valence-electron chi connectivity index (χ0n) is 16.0. The van der Waals surface area contributed by atoms with E-state index in [1.54, 1.807) is 24.5 Å². The van der Waals surface area contributed by atoms with E-state index in [0.29, 0.717) is 5.56 Å². The molecule has 0 radical (unpaired) electrons. The summed E-state index contributed by atoms with van der Waals surface area (Å²) in [6.45, 7) is 5.20. The summed E-state index contributed by atoms with van der Waals surface area (Å²) in [4.78, 5) is 19.3. The molecule has 3 aromatic rings. The van der Waals surface area contributed by atoms with Crippen molar-refractivity contribution in [2.75, 3.05) is 30.0 Å². The Balaban J connectivity index is 1.67. The number of hydrogen-bond acceptors (Lipinski definition) is 4. The molecule has 1 N–H and O–H groups in total. The number of thioether (sulfide) groups is 1. The molecular weight excluding hydrogens is 368 g/mol. The second kappa shape index (κ2) is 8.63. The van der Waals surface area contributed by atoms with Crippen molar-refractivity contribution in [1.82, 2.24) is 14.6 Å². The first-order chi connectivity index (χ1) is 13.7. The SMILES string of the molecule is Cc1c(CN2CCSCC2)cc(-c2ccccc2)n1NC(=O)c1ccncc1. The molecule has 1 aliphatic heterocycles. The van der Waals surface area contributed by atoms with Gasteiger partial charge < -0.3 is 0 Å². The number of nitrogens with one attached hydrogen (secondary N) is 1. The highest BCUT2D eigenvalue weighted by molar-refractivity contribution is 7.99. The van der Waals surface area contributed by atoms with E-state index in [1.807, 2.05) is 34.6 Å². The van der Waals surface area contributed by atoms with Crippen LogP contribution in [0.4, 0.5) is 0 Å². The van der Waals surface area contributed by atoms with Crippen molar-refractivity contribution in [2.45, 2.75) is 13.5 Å². The standard InChI is InChI=1S/C22H24N4OS/c1-17-20(16-25-11-13-28-14-12-25)15-21(18-5-3-2-4-6-18)26(17)24-22(27)19-7-9-23-10-8-19/h2-10,15H,11-14,16H2,1H3,(H,24,27). The van der Waals surface area contributed by atoms with E-state index in [0.717, 1.165) is 36.6 Å². The van der Waals surface area contributed by atoms with Gasteiger partial charge in [0, 0.05) is 60.4 Å². The first kappa shape index (κ1) is 18.8. The zero-order chi connectivity index (χ0) is 19.3. The van der Waals surface area contributed by atoms with E-state index in [1.165, 1.54) is 17.1 Å². The van der Waals surface area contributed by atoms with Crippen LogP contribution in [0.25, 0.3) is 11.3 Å². The summed E-state index contributed by atoms with van der Waals surface area (Å²) in [7, 11) is 0. The van der Waals surface area contributed by atoms with Gasteiger partial charge in [-0.25, -0.2) is 0 Å².